The van der Waals surface area contributed by atoms with E-state index in [1.54, 1.807) is 19.1 Å². The van der Waals surface area contributed by atoms with Crippen LogP contribution in [0.3, 0.4) is 0 Å². The lowest BCUT2D eigenvalue weighted by Gasteiger charge is -2.41. The van der Waals surface area contributed by atoms with E-state index >= 15 is 0 Å². The summed E-state index contributed by atoms with van der Waals surface area (Å²) in [5, 5.41) is 0. The minimum absolute atomic E-state index is 0.0111. The lowest BCUT2D eigenvalue weighted by atomic mass is 9.74. The van der Waals surface area contributed by atoms with Crippen molar-refractivity contribution in [2.45, 2.75) is 25.7 Å². The van der Waals surface area contributed by atoms with E-state index in [1.165, 1.54) is 0 Å². The van der Waals surface area contributed by atoms with Crippen molar-refractivity contribution in [2.75, 3.05) is 33.9 Å². The number of methoxy groups -OCH3 is 2. The highest BCUT2D eigenvalue weighted by molar-refractivity contribution is 5.83. The molecule has 0 aromatic heterocycles. The minimum Gasteiger partial charge on any atom is -0.497 e. The number of carbonyl (C=O) groups is 2. The van der Waals surface area contributed by atoms with Gasteiger partial charge in [0.1, 0.15) is 5.75 Å². The molecule has 1 saturated heterocycles. The first kappa shape index (κ1) is 21.8. The Morgan fingerprint density at radius 2 is 1.67 bits per heavy atom. The Bertz CT molecular complexity index is 864. The molecule has 1 aliphatic rings. The van der Waals surface area contributed by atoms with Crippen LogP contribution >= 0.6 is 0 Å². The van der Waals surface area contributed by atoms with E-state index in [-0.39, 0.29) is 11.8 Å². The summed E-state index contributed by atoms with van der Waals surface area (Å²) < 4.78 is 10.2. The van der Waals surface area contributed by atoms with Crippen molar-refractivity contribution in [3.63, 3.8) is 0 Å². The zero-order chi connectivity index (χ0) is 21.6. The maximum absolute atomic E-state index is 12.5. The van der Waals surface area contributed by atoms with E-state index in [0.29, 0.717) is 39.0 Å². The van der Waals surface area contributed by atoms with Gasteiger partial charge in [-0.25, -0.2) is 0 Å². The number of hydrogen-bond acceptors (Lipinski definition) is 4. The normalized spacial score (nSPS) is 18.8. The zero-order valence-corrected chi connectivity index (χ0v) is 17.7. The highest BCUT2D eigenvalue weighted by Crippen LogP contribution is 2.34. The smallest absolute Gasteiger partial charge is 0.225 e. The number of rotatable bonds is 8. The first-order chi connectivity index (χ1) is 14.5. The number of hydrogen-bond donors (Lipinski definition) is 1. The Kier molecular flexibility index (Phi) is 7.11. The van der Waals surface area contributed by atoms with Crippen LogP contribution in [0.1, 0.15) is 24.8 Å². The molecule has 0 aliphatic carbocycles. The second kappa shape index (κ2) is 9.76. The van der Waals surface area contributed by atoms with Crippen molar-refractivity contribution in [1.82, 2.24) is 4.90 Å². The third-order valence-electron chi connectivity index (χ3n) is 5.89. The summed E-state index contributed by atoms with van der Waals surface area (Å²) >= 11 is 0. The topological polar surface area (TPSA) is 81.9 Å². The summed E-state index contributed by atoms with van der Waals surface area (Å²) in [7, 11) is 3.22. The Morgan fingerprint density at radius 1 is 1.03 bits per heavy atom. The molecule has 2 amide bonds. The molecule has 0 radical (unpaired) electrons. The van der Waals surface area contributed by atoms with Gasteiger partial charge in [-0.1, -0.05) is 36.4 Å². The predicted octanol–water partition coefficient (Wildman–Crippen LogP) is 3.04. The fourth-order valence-corrected chi connectivity index (χ4v) is 4.11. The molecule has 6 heteroatoms. The van der Waals surface area contributed by atoms with Crippen LogP contribution in [-0.2, 0) is 20.7 Å². The van der Waals surface area contributed by atoms with Crippen LogP contribution in [0.4, 0.5) is 0 Å². The molecule has 1 unspecified atom stereocenters. The summed E-state index contributed by atoms with van der Waals surface area (Å²) in [6.07, 6.45) is 2.31. The van der Waals surface area contributed by atoms with E-state index in [2.05, 4.69) is 12.1 Å². The summed E-state index contributed by atoms with van der Waals surface area (Å²) in [4.78, 5) is 26.7. The van der Waals surface area contributed by atoms with E-state index in [4.69, 9.17) is 15.2 Å². The van der Waals surface area contributed by atoms with E-state index in [9.17, 15) is 9.59 Å². The van der Waals surface area contributed by atoms with Gasteiger partial charge in [-0.15, -0.1) is 0 Å². The predicted molar refractivity (Wildman–Crippen MR) is 116 cm³/mol. The largest absolute Gasteiger partial charge is 0.497 e. The van der Waals surface area contributed by atoms with Gasteiger partial charge in [-0.05, 0) is 48.1 Å². The Labute approximate surface area is 178 Å². The second-order valence-electron chi connectivity index (χ2n) is 7.91. The van der Waals surface area contributed by atoms with Gasteiger partial charge in [0.2, 0.25) is 11.8 Å². The fourth-order valence-electron chi connectivity index (χ4n) is 4.11. The highest BCUT2D eigenvalue weighted by atomic mass is 16.5. The summed E-state index contributed by atoms with van der Waals surface area (Å²) in [6, 6.07) is 16.1. The van der Waals surface area contributed by atoms with Crippen LogP contribution in [0.15, 0.2) is 48.5 Å². The second-order valence-corrected chi connectivity index (χ2v) is 7.91. The number of piperidine rings is 1. The van der Waals surface area contributed by atoms with Gasteiger partial charge in [-0.3, -0.25) is 9.59 Å². The van der Waals surface area contributed by atoms with Crippen molar-refractivity contribution in [3.05, 3.63) is 54.1 Å². The molecule has 0 spiro atoms. The molecular formula is C24H30N2O4. The maximum atomic E-state index is 12.5. The molecule has 0 bridgehead atoms. The van der Waals surface area contributed by atoms with Gasteiger partial charge in [0.15, 0.2) is 0 Å². The number of primary amides is 1. The maximum Gasteiger partial charge on any atom is 0.225 e. The molecule has 2 aromatic rings. The number of ether oxygens (including phenoxy) is 2. The molecule has 1 heterocycles. The lowest BCUT2D eigenvalue weighted by molar-refractivity contribution is -0.140. The Balaban J connectivity index is 1.74. The van der Waals surface area contributed by atoms with Crippen molar-refractivity contribution >= 4 is 11.8 Å². The molecule has 160 valence electrons. The summed E-state index contributed by atoms with van der Waals surface area (Å²) in [5.41, 5.74) is 8.34. The summed E-state index contributed by atoms with van der Waals surface area (Å²) in [5.74, 6) is 0.490. The quantitative estimate of drug-likeness (QED) is 0.725. The highest BCUT2D eigenvalue weighted by Gasteiger charge is 2.42. The fraction of sp³-hybridized carbons (Fsp3) is 0.417. The monoisotopic (exact) mass is 410 g/mol. The van der Waals surface area contributed by atoms with Gasteiger partial charge in [0.05, 0.1) is 25.6 Å². The number of amides is 2. The SMILES string of the molecule is COCCC(=O)N1CCCC(Cc2ccc(-c3ccc(OC)cc3)cc2)(C(N)=O)C1. The lowest BCUT2D eigenvalue weighted by Crippen LogP contribution is -2.53. The number of nitrogens with two attached hydrogens (primary N) is 1. The molecular weight excluding hydrogens is 380 g/mol. The van der Waals surface area contributed by atoms with Crippen molar-refractivity contribution < 1.29 is 19.1 Å². The van der Waals surface area contributed by atoms with Crippen LogP contribution in [0, 0.1) is 5.41 Å². The zero-order valence-electron chi connectivity index (χ0n) is 17.7. The molecule has 30 heavy (non-hydrogen) atoms. The number of carbonyl (C=O) groups excluding carboxylic acids is 2. The van der Waals surface area contributed by atoms with Crippen LogP contribution in [0.2, 0.25) is 0 Å². The molecule has 1 fully saturated rings. The Morgan fingerprint density at radius 3 is 2.23 bits per heavy atom. The minimum atomic E-state index is -0.734. The van der Waals surface area contributed by atoms with Crippen molar-refractivity contribution in [1.29, 1.82) is 0 Å². The molecule has 6 nitrogen and oxygen atoms in total. The van der Waals surface area contributed by atoms with E-state index < -0.39 is 5.41 Å². The van der Waals surface area contributed by atoms with Crippen LogP contribution in [-0.4, -0.2) is 50.6 Å². The van der Waals surface area contributed by atoms with Gasteiger partial charge in [0, 0.05) is 20.2 Å². The standard InChI is InChI=1S/C24H30N2O4/c1-29-15-12-22(27)26-14-3-13-24(17-26,23(25)28)16-18-4-6-19(7-5-18)20-8-10-21(30-2)11-9-20/h4-11H,3,12-17H2,1-2H3,(H2,25,28). The molecule has 1 aliphatic heterocycles. The average Bonchev–Trinajstić information content (AvgIpc) is 2.78. The number of benzene rings is 2. The first-order valence-corrected chi connectivity index (χ1v) is 10.3. The van der Waals surface area contributed by atoms with Gasteiger partial charge in [0.25, 0.3) is 0 Å². The van der Waals surface area contributed by atoms with Crippen molar-refractivity contribution in [2.24, 2.45) is 11.1 Å². The molecule has 2 N–H and O–H groups in total. The number of likely N-dealkylation sites (tertiary alicyclic amines) is 1. The molecule has 2 aromatic carbocycles. The van der Waals surface area contributed by atoms with Gasteiger partial charge in [-0.2, -0.15) is 0 Å². The molecule has 0 saturated carbocycles. The van der Waals surface area contributed by atoms with Gasteiger partial charge < -0.3 is 20.1 Å². The third kappa shape index (κ3) is 5.00. The molecule has 1 atom stereocenters. The van der Waals surface area contributed by atoms with Crippen LogP contribution in [0.5, 0.6) is 5.75 Å². The first-order valence-electron chi connectivity index (χ1n) is 10.3. The third-order valence-corrected chi connectivity index (χ3v) is 5.89. The number of nitrogens with zero attached hydrogens (tertiary/aromatic N) is 1. The van der Waals surface area contributed by atoms with E-state index in [0.717, 1.165) is 28.9 Å². The van der Waals surface area contributed by atoms with Crippen LogP contribution in [0.25, 0.3) is 11.1 Å². The summed E-state index contributed by atoms with van der Waals surface area (Å²) in [6.45, 7) is 1.41. The molecule has 3 rings (SSSR count). The van der Waals surface area contributed by atoms with Crippen LogP contribution < -0.4 is 10.5 Å². The van der Waals surface area contributed by atoms with Gasteiger partial charge >= 0.3 is 0 Å². The Hall–Kier alpha value is -2.86. The average molecular weight is 411 g/mol. The van der Waals surface area contributed by atoms with E-state index in [1.807, 2.05) is 36.4 Å². The van der Waals surface area contributed by atoms with Crippen molar-refractivity contribution in [3.8, 4) is 16.9 Å².